The van der Waals surface area contributed by atoms with Gasteiger partial charge in [0.05, 0.1) is 23.2 Å². The molecule has 1 aromatic heterocycles. The fourth-order valence-corrected chi connectivity index (χ4v) is 2.79. The number of nitro benzene ring substituents is 1. The Morgan fingerprint density at radius 1 is 1.36 bits per heavy atom. The Morgan fingerprint density at radius 2 is 2.09 bits per heavy atom. The number of aromatic nitrogens is 2. The molecule has 0 spiro atoms. The lowest BCUT2D eigenvalue weighted by atomic mass is 10.1. The van der Waals surface area contributed by atoms with E-state index in [1.54, 1.807) is 6.20 Å². The van der Waals surface area contributed by atoms with Gasteiger partial charge in [-0.05, 0) is 39.0 Å². The van der Waals surface area contributed by atoms with E-state index in [9.17, 15) is 14.5 Å². The van der Waals surface area contributed by atoms with Crippen LogP contribution in [0, 0.1) is 15.9 Å². The van der Waals surface area contributed by atoms with Crippen LogP contribution in [0.1, 0.15) is 18.9 Å². The molecule has 1 aromatic carbocycles. The lowest BCUT2D eigenvalue weighted by molar-refractivity contribution is -0.385. The third kappa shape index (κ3) is 2.85. The van der Waals surface area contributed by atoms with Crippen LogP contribution in [0.5, 0.6) is 0 Å². The van der Waals surface area contributed by atoms with Crippen LogP contribution in [-0.4, -0.2) is 39.7 Å². The molecule has 116 valence electrons. The molecular formula is C15H17FN4O2. The first-order valence-corrected chi connectivity index (χ1v) is 7.21. The molecular weight excluding hydrogens is 287 g/mol. The highest BCUT2D eigenvalue weighted by molar-refractivity contribution is 5.64. The van der Waals surface area contributed by atoms with Crippen molar-refractivity contribution in [3.63, 3.8) is 0 Å². The summed E-state index contributed by atoms with van der Waals surface area (Å²) in [6, 6.07) is 4.02. The minimum Gasteiger partial charge on any atom is -0.306 e. The lowest BCUT2D eigenvalue weighted by Gasteiger charge is -2.28. The van der Waals surface area contributed by atoms with Gasteiger partial charge in [-0.1, -0.05) is 0 Å². The number of nitro groups is 1. The Kier molecular flexibility index (Phi) is 3.89. The molecule has 0 bridgehead atoms. The smallest absolute Gasteiger partial charge is 0.272 e. The molecule has 3 rings (SSSR count). The highest BCUT2D eigenvalue weighted by Crippen LogP contribution is 2.28. The van der Waals surface area contributed by atoms with E-state index in [0.717, 1.165) is 32.0 Å². The maximum atomic E-state index is 14.1. The van der Waals surface area contributed by atoms with Crippen molar-refractivity contribution < 1.29 is 9.31 Å². The van der Waals surface area contributed by atoms with E-state index in [1.165, 1.54) is 12.1 Å². The van der Waals surface area contributed by atoms with E-state index in [4.69, 9.17) is 0 Å². The number of halogens is 1. The van der Waals surface area contributed by atoms with Crippen molar-refractivity contribution in [1.29, 1.82) is 0 Å². The SMILES string of the molecule is CN1CCC(n2cc(-c3ccc([N+](=O)[O-])cc3F)cn2)CC1. The summed E-state index contributed by atoms with van der Waals surface area (Å²) in [7, 11) is 2.09. The predicted octanol–water partition coefficient (Wildman–Crippen LogP) is 2.86. The topological polar surface area (TPSA) is 64.2 Å². The predicted molar refractivity (Wildman–Crippen MR) is 80.0 cm³/mol. The minimum absolute atomic E-state index is 0.246. The zero-order valence-corrected chi connectivity index (χ0v) is 12.3. The second-order valence-corrected chi connectivity index (χ2v) is 5.66. The van der Waals surface area contributed by atoms with Crippen LogP contribution >= 0.6 is 0 Å². The Bertz CT molecular complexity index is 693. The van der Waals surface area contributed by atoms with Gasteiger partial charge in [0.2, 0.25) is 0 Å². The molecule has 1 aliphatic heterocycles. The first-order chi connectivity index (χ1) is 10.5. The zero-order valence-electron chi connectivity index (χ0n) is 12.3. The summed E-state index contributed by atoms with van der Waals surface area (Å²) >= 11 is 0. The van der Waals surface area contributed by atoms with Crippen LogP contribution < -0.4 is 0 Å². The summed E-state index contributed by atoms with van der Waals surface area (Å²) in [5, 5.41) is 15.0. The maximum Gasteiger partial charge on any atom is 0.272 e. The summed E-state index contributed by atoms with van der Waals surface area (Å²) in [4.78, 5) is 12.3. The first-order valence-electron chi connectivity index (χ1n) is 7.21. The van der Waals surface area contributed by atoms with E-state index in [1.807, 2.05) is 10.9 Å². The van der Waals surface area contributed by atoms with E-state index in [2.05, 4.69) is 17.0 Å². The number of hydrogen-bond donors (Lipinski definition) is 0. The van der Waals surface area contributed by atoms with Gasteiger partial charge in [-0.3, -0.25) is 14.8 Å². The number of piperidine rings is 1. The molecule has 22 heavy (non-hydrogen) atoms. The molecule has 1 aliphatic rings. The average molecular weight is 304 g/mol. The van der Waals surface area contributed by atoms with E-state index in [-0.39, 0.29) is 5.69 Å². The van der Waals surface area contributed by atoms with Gasteiger partial charge in [0, 0.05) is 23.4 Å². The third-order valence-electron chi connectivity index (χ3n) is 4.14. The lowest BCUT2D eigenvalue weighted by Crippen LogP contribution is -2.31. The Morgan fingerprint density at radius 3 is 2.73 bits per heavy atom. The van der Waals surface area contributed by atoms with Crippen molar-refractivity contribution in [2.75, 3.05) is 20.1 Å². The summed E-state index contributed by atoms with van der Waals surface area (Å²) in [6.07, 6.45) is 5.46. The standard InChI is InChI=1S/C15H17FN4O2/c1-18-6-4-12(5-7-18)19-10-11(9-17-19)14-3-2-13(20(21)22)8-15(14)16/h2-3,8-10,12H,4-7H2,1H3. The van der Waals surface area contributed by atoms with Gasteiger partial charge in [0.1, 0.15) is 5.82 Å². The normalized spacial score (nSPS) is 16.8. The average Bonchev–Trinajstić information content (AvgIpc) is 2.97. The van der Waals surface area contributed by atoms with Gasteiger partial charge in [0.15, 0.2) is 0 Å². The van der Waals surface area contributed by atoms with Crippen LogP contribution in [0.4, 0.5) is 10.1 Å². The van der Waals surface area contributed by atoms with Gasteiger partial charge >= 0.3 is 0 Å². The molecule has 2 aromatic rings. The maximum absolute atomic E-state index is 14.1. The van der Waals surface area contributed by atoms with E-state index < -0.39 is 10.7 Å². The monoisotopic (exact) mass is 304 g/mol. The molecule has 1 fully saturated rings. The van der Waals surface area contributed by atoms with Crippen LogP contribution in [0.3, 0.4) is 0 Å². The molecule has 0 amide bonds. The molecule has 0 aliphatic carbocycles. The largest absolute Gasteiger partial charge is 0.306 e. The Hall–Kier alpha value is -2.28. The van der Waals surface area contributed by atoms with Crippen LogP contribution in [0.15, 0.2) is 30.6 Å². The zero-order chi connectivity index (χ0) is 15.7. The van der Waals surface area contributed by atoms with Gasteiger partial charge in [-0.2, -0.15) is 5.10 Å². The van der Waals surface area contributed by atoms with Crippen molar-refractivity contribution in [3.8, 4) is 11.1 Å². The number of likely N-dealkylation sites (tertiary alicyclic amines) is 1. The summed E-state index contributed by atoms with van der Waals surface area (Å²) in [5.41, 5.74) is 0.736. The van der Waals surface area contributed by atoms with Crippen LogP contribution in [-0.2, 0) is 0 Å². The molecule has 0 atom stereocenters. The second kappa shape index (κ2) is 5.84. The van der Waals surface area contributed by atoms with Crippen molar-refractivity contribution in [3.05, 3.63) is 46.5 Å². The van der Waals surface area contributed by atoms with E-state index in [0.29, 0.717) is 17.2 Å². The van der Waals surface area contributed by atoms with Gasteiger partial charge in [0.25, 0.3) is 5.69 Å². The van der Waals surface area contributed by atoms with Crippen LogP contribution in [0.2, 0.25) is 0 Å². The molecule has 6 nitrogen and oxygen atoms in total. The van der Waals surface area contributed by atoms with Gasteiger partial charge in [-0.25, -0.2) is 4.39 Å². The third-order valence-corrected chi connectivity index (χ3v) is 4.14. The molecule has 1 saturated heterocycles. The highest BCUT2D eigenvalue weighted by atomic mass is 19.1. The van der Waals surface area contributed by atoms with Crippen LogP contribution in [0.25, 0.3) is 11.1 Å². The molecule has 7 heteroatoms. The fourth-order valence-electron chi connectivity index (χ4n) is 2.79. The number of rotatable bonds is 3. The Labute approximate surface area is 127 Å². The quantitative estimate of drug-likeness (QED) is 0.646. The second-order valence-electron chi connectivity index (χ2n) is 5.66. The highest BCUT2D eigenvalue weighted by Gasteiger charge is 2.20. The minimum atomic E-state index is -0.602. The van der Waals surface area contributed by atoms with Crippen molar-refractivity contribution in [1.82, 2.24) is 14.7 Å². The molecule has 0 saturated carbocycles. The van der Waals surface area contributed by atoms with Gasteiger partial charge in [-0.15, -0.1) is 0 Å². The van der Waals surface area contributed by atoms with E-state index >= 15 is 0 Å². The molecule has 0 radical (unpaired) electrons. The summed E-state index contributed by atoms with van der Waals surface area (Å²) < 4.78 is 15.9. The fraction of sp³-hybridized carbons (Fsp3) is 0.400. The number of nitrogens with zero attached hydrogens (tertiary/aromatic N) is 4. The van der Waals surface area contributed by atoms with Crippen molar-refractivity contribution in [2.24, 2.45) is 0 Å². The van der Waals surface area contributed by atoms with Crippen molar-refractivity contribution >= 4 is 5.69 Å². The first kappa shape index (κ1) is 14.6. The molecule has 0 N–H and O–H groups in total. The summed E-state index contributed by atoms with van der Waals surface area (Å²) in [6.45, 7) is 2.04. The number of hydrogen-bond acceptors (Lipinski definition) is 4. The number of non-ortho nitro benzene ring substituents is 1. The van der Waals surface area contributed by atoms with Gasteiger partial charge < -0.3 is 4.90 Å². The molecule has 2 heterocycles. The molecule has 0 unspecified atom stereocenters. The van der Waals surface area contributed by atoms with Crippen molar-refractivity contribution in [2.45, 2.75) is 18.9 Å². The number of benzene rings is 1. The summed E-state index contributed by atoms with van der Waals surface area (Å²) in [5.74, 6) is -0.600. The Balaban J connectivity index is 1.83.